The van der Waals surface area contributed by atoms with Crippen molar-refractivity contribution >= 4 is 0 Å². The lowest BCUT2D eigenvalue weighted by atomic mass is 10.1. The molecule has 0 amide bonds. The Morgan fingerprint density at radius 1 is 1.62 bits per heavy atom. The van der Waals surface area contributed by atoms with Crippen molar-refractivity contribution in [1.82, 2.24) is 15.2 Å². The molecule has 1 saturated heterocycles. The van der Waals surface area contributed by atoms with Crippen LogP contribution in [0.4, 0.5) is 0 Å². The van der Waals surface area contributed by atoms with Gasteiger partial charge in [0.05, 0.1) is 12.5 Å². The van der Waals surface area contributed by atoms with E-state index in [1.807, 2.05) is 12.3 Å². The summed E-state index contributed by atoms with van der Waals surface area (Å²) >= 11 is 0. The first-order valence-electron chi connectivity index (χ1n) is 5.61. The molecule has 1 aliphatic rings. The molecule has 2 heterocycles. The standard InChI is InChI=1S/C12H16N4/c13-4-3-12-9-15-6-7-16(12)10-11-2-1-5-14-8-11/h1-2,5,8,12,15H,3,6-7,9-10H2. The van der Waals surface area contributed by atoms with Crippen molar-refractivity contribution in [1.29, 1.82) is 5.26 Å². The highest BCUT2D eigenvalue weighted by Gasteiger charge is 2.21. The number of rotatable bonds is 3. The van der Waals surface area contributed by atoms with Crippen LogP contribution in [0.5, 0.6) is 0 Å². The maximum Gasteiger partial charge on any atom is 0.0638 e. The summed E-state index contributed by atoms with van der Waals surface area (Å²) < 4.78 is 0. The molecular weight excluding hydrogens is 200 g/mol. The number of nitrogens with one attached hydrogen (secondary N) is 1. The summed E-state index contributed by atoms with van der Waals surface area (Å²) in [5, 5.41) is 12.1. The van der Waals surface area contributed by atoms with Crippen LogP contribution in [0.25, 0.3) is 0 Å². The van der Waals surface area contributed by atoms with Gasteiger partial charge in [-0.2, -0.15) is 5.26 Å². The Bertz CT molecular complexity index is 357. The minimum absolute atomic E-state index is 0.332. The van der Waals surface area contributed by atoms with Gasteiger partial charge in [0.2, 0.25) is 0 Å². The average molecular weight is 216 g/mol. The van der Waals surface area contributed by atoms with Crippen molar-refractivity contribution in [3.63, 3.8) is 0 Å². The van der Waals surface area contributed by atoms with Gasteiger partial charge in [0.1, 0.15) is 0 Å². The van der Waals surface area contributed by atoms with E-state index in [0.717, 1.165) is 26.2 Å². The van der Waals surface area contributed by atoms with E-state index < -0.39 is 0 Å². The highest BCUT2D eigenvalue weighted by molar-refractivity contribution is 5.09. The smallest absolute Gasteiger partial charge is 0.0638 e. The minimum atomic E-state index is 0.332. The minimum Gasteiger partial charge on any atom is -0.314 e. The molecule has 84 valence electrons. The van der Waals surface area contributed by atoms with Crippen LogP contribution in [0, 0.1) is 11.3 Å². The summed E-state index contributed by atoms with van der Waals surface area (Å²) in [6, 6.07) is 6.63. The number of aromatic nitrogens is 1. The molecule has 1 aromatic rings. The van der Waals surface area contributed by atoms with Crippen LogP contribution >= 0.6 is 0 Å². The fourth-order valence-corrected chi connectivity index (χ4v) is 2.04. The maximum absolute atomic E-state index is 8.79. The van der Waals surface area contributed by atoms with E-state index in [4.69, 9.17) is 5.26 Å². The zero-order valence-electron chi connectivity index (χ0n) is 9.26. The van der Waals surface area contributed by atoms with Crippen molar-refractivity contribution in [2.24, 2.45) is 0 Å². The molecule has 4 nitrogen and oxygen atoms in total. The summed E-state index contributed by atoms with van der Waals surface area (Å²) in [4.78, 5) is 6.47. The fraction of sp³-hybridized carbons (Fsp3) is 0.500. The Balaban J connectivity index is 1.99. The van der Waals surface area contributed by atoms with Gasteiger partial charge in [-0.1, -0.05) is 6.07 Å². The Labute approximate surface area is 95.9 Å². The van der Waals surface area contributed by atoms with Gasteiger partial charge in [-0.3, -0.25) is 9.88 Å². The molecule has 1 atom stereocenters. The summed E-state index contributed by atoms with van der Waals surface area (Å²) in [7, 11) is 0. The SMILES string of the molecule is N#CCC1CNCCN1Cc1cccnc1. The Morgan fingerprint density at radius 3 is 3.31 bits per heavy atom. The van der Waals surface area contributed by atoms with Crippen LogP contribution in [0.3, 0.4) is 0 Å². The van der Waals surface area contributed by atoms with Gasteiger partial charge < -0.3 is 5.32 Å². The molecule has 16 heavy (non-hydrogen) atoms. The van der Waals surface area contributed by atoms with Gasteiger partial charge in [-0.05, 0) is 11.6 Å². The average Bonchev–Trinajstić information content (AvgIpc) is 2.33. The molecule has 0 spiro atoms. The topological polar surface area (TPSA) is 52.0 Å². The lowest BCUT2D eigenvalue weighted by molar-refractivity contribution is 0.155. The summed E-state index contributed by atoms with van der Waals surface area (Å²) in [6.45, 7) is 3.80. The lowest BCUT2D eigenvalue weighted by Crippen LogP contribution is -2.50. The molecule has 1 fully saturated rings. The molecule has 0 aliphatic carbocycles. The Kier molecular flexibility index (Phi) is 3.86. The first-order valence-corrected chi connectivity index (χ1v) is 5.61. The number of nitriles is 1. The van der Waals surface area contributed by atoms with Crippen molar-refractivity contribution < 1.29 is 0 Å². The molecule has 0 saturated carbocycles. The quantitative estimate of drug-likeness (QED) is 0.811. The largest absolute Gasteiger partial charge is 0.314 e. The third-order valence-corrected chi connectivity index (χ3v) is 2.91. The predicted molar refractivity (Wildman–Crippen MR) is 61.5 cm³/mol. The Hall–Kier alpha value is -1.44. The Morgan fingerprint density at radius 2 is 2.56 bits per heavy atom. The van der Waals surface area contributed by atoms with Crippen LogP contribution in [-0.2, 0) is 6.54 Å². The molecule has 1 unspecified atom stereocenters. The van der Waals surface area contributed by atoms with Crippen LogP contribution < -0.4 is 5.32 Å². The zero-order chi connectivity index (χ0) is 11.2. The molecule has 1 aromatic heterocycles. The van der Waals surface area contributed by atoms with Gasteiger partial charge in [0.15, 0.2) is 0 Å². The number of nitrogens with zero attached hydrogens (tertiary/aromatic N) is 3. The van der Waals surface area contributed by atoms with Crippen molar-refractivity contribution in [3.8, 4) is 6.07 Å². The van der Waals surface area contributed by atoms with E-state index in [2.05, 4.69) is 27.3 Å². The van der Waals surface area contributed by atoms with Crippen LogP contribution in [0.2, 0.25) is 0 Å². The highest BCUT2D eigenvalue weighted by Crippen LogP contribution is 2.11. The molecule has 1 N–H and O–H groups in total. The van der Waals surface area contributed by atoms with E-state index in [0.29, 0.717) is 12.5 Å². The molecule has 4 heteroatoms. The van der Waals surface area contributed by atoms with Gasteiger partial charge >= 0.3 is 0 Å². The van der Waals surface area contributed by atoms with Crippen LogP contribution in [-0.4, -0.2) is 35.6 Å². The molecule has 2 rings (SSSR count). The van der Waals surface area contributed by atoms with E-state index in [1.165, 1.54) is 5.56 Å². The number of hydrogen-bond acceptors (Lipinski definition) is 4. The predicted octanol–water partition coefficient (Wildman–Crippen LogP) is 0.769. The number of pyridine rings is 1. The maximum atomic E-state index is 8.79. The summed E-state index contributed by atoms with van der Waals surface area (Å²) in [5.41, 5.74) is 1.22. The fourth-order valence-electron chi connectivity index (χ4n) is 2.04. The third kappa shape index (κ3) is 2.78. The first-order chi connectivity index (χ1) is 7.90. The van der Waals surface area contributed by atoms with E-state index >= 15 is 0 Å². The highest BCUT2D eigenvalue weighted by atomic mass is 15.2. The van der Waals surface area contributed by atoms with Crippen molar-refractivity contribution in [3.05, 3.63) is 30.1 Å². The number of hydrogen-bond donors (Lipinski definition) is 1. The van der Waals surface area contributed by atoms with Crippen molar-refractivity contribution in [2.45, 2.75) is 19.0 Å². The van der Waals surface area contributed by atoms with Crippen LogP contribution in [0.1, 0.15) is 12.0 Å². The van der Waals surface area contributed by atoms with E-state index in [9.17, 15) is 0 Å². The monoisotopic (exact) mass is 216 g/mol. The van der Waals surface area contributed by atoms with Gasteiger partial charge in [0.25, 0.3) is 0 Å². The van der Waals surface area contributed by atoms with Gasteiger partial charge in [-0.15, -0.1) is 0 Å². The third-order valence-electron chi connectivity index (χ3n) is 2.91. The molecule has 1 aliphatic heterocycles. The first kappa shape index (κ1) is 11.1. The van der Waals surface area contributed by atoms with Gasteiger partial charge in [-0.25, -0.2) is 0 Å². The van der Waals surface area contributed by atoms with E-state index in [-0.39, 0.29) is 0 Å². The molecule has 0 bridgehead atoms. The number of piperazine rings is 1. The lowest BCUT2D eigenvalue weighted by Gasteiger charge is -2.34. The second-order valence-electron chi connectivity index (χ2n) is 4.05. The van der Waals surface area contributed by atoms with E-state index in [1.54, 1.807) is 6.20 Å². The van der Waals surface area contributed by atoms with Crippen molar-refractivity contribution in [2.75, 3.05) is 19.6 Å². The van der Waals surface area contributed by atoms with Gasteiger partial charge in [0, 0.05) is 44.6 Å². The second-order valence-corrected chi connectivity index (χ2v) is 4.05. The summed E-state index contributed by atoms with van der Waals surface area (Å²) in [6.07, 6.45) is 4.27. The zero-order valence-corrected chi connectivity index (χ0v) is 9.26. The second kappa shape index (κ2) is 5.59. The molecular formula is C12H16N4. The van der Waals surface area contributed by atoms with Crippen LogP contribution in [0.15, 0.2) is 24.5 Å². The normalized spacial score (nSPS) is 21.6. The molecule has 0 aromatic carbocycles. The summed E-state index contributed by atoms with van der Waals surface area (Å²) in [5.74, 6) is 0. The molecule has 0 radical (unpaired) electrons.